The van der Waals surface area contributed by atoms with Gasteiger partial charge in [-0.3, -0.25) is 0 Å². The predicted octanol–water partition coefficient (Wildman–Crippen LogP) is 8.75. The van der Waals surface area contributed by atoms with E-state index in [2.05, 4.69) is 0 Å². The van der Waals surface area contributed by atoms with Gasteiger partial charge in [0.15, 0.2) is 0 Å². The van der Waals surface area contributed by atoms with Crippen molar-refractivity contribution in [3.05, 3.63) is 69.7 Å². The van der Waals surface area contributed by atoms with E-state index in [9.17, 15) is 14.4 Å². The maximum atomic E-state index is 15.0. The van der Waals surface area contributed by atoms with Crippen LogP contribution in [-0.2, 0) is 24.8 Å². The number of carbonyl (C=O) groups excluding carboxylic acids is 3. The zero-order valence-electron chi connectivity index (χ0n) is 27.1. The van der Waals surface area contributed by atoms with E-state index in [1.807, 2.05) is 0 Å². The zero-order chi connectivity index (χ0) is 35.5. The SMILES string of the molecule is CC(=O)Oc1ccc(S(C)(C)[O][Sb](=[O])([O]S(C)(C)c2ccc(OC(C)=O)c(Cl)c2)[O]S(C)(C)c2ccc(OC(C)=O)c(Cl)c2)cc1Cl. The molecule has 0 fully saturated rings. The fourth-order valence-corrected chi connectivity index (χ4v) is 24.9. The maximum absolute atomic E-state index is 15.0. The van der Waals surface area contributed by atoms with Crippen molar-refractivity contribution in [2.24, 2.45) is 0 Å². The van der Waals surface area contributed by atoms with Crippen LogP contribution in [0.4, 0.5) is 0 Å². The standard InChI is InChI=1S/3C10H13ClO3S.O.Sb/c3*1-7(12)14-10-5-4-8(6-9(10)11)15(2,3)13;;/h3*4-6,13H,1-3H3;;/q;;;;+3/p-3. The fraction of sp³-hybridized carbons (Fsp3) is 0.300. The summed E-state index contributed by atoms with van der Waals surface area (Å²) < 4.78 is 49.9. The van der Waals surface area contributed by atoms with E-state index in [0.717, 1.165) is 0 Å². The Labute approximate surface area is 300 Å². The third-order valence-electron chi connectivity index (χ3n) is 6.01. The van der Waals surface area contributed by atoms with Crippen molar-refractivity contribution < 1.29 is 39.0 Å². The Kier molecular flexibility index (Phi) is 13.2. The van der Waals surface area contributed by atoms with Gasteiger partial charge in [-0.05, 0) is 0 Å². The van der Waals surface area contributed by atoms with Crippen LogP contribution in [0, 0.1) is 0 Å². The summed E-state index contributed by atoms with van der Waals surface area (Å²) in [7, 11) is -7.17. The van der Waals surface area contributed by atoms with Crippen molar-refractivity contribution in [1.29, 1.82) is 0 Å². The first kappa shape index (κ1) is 39.9. The van der Waals surface area contributed by atoms with Crippen molar-refractivity contribution in [3.63, 3.8) is 0 Å². The number of esters is 3. The molecule has 3 aromatic carbocycles. The summed E-state index contributed by atoms with van der Waals surface area (Å²) >= 11 is 13.5. The van der Waals surface area contributed by atoms with Crippen LogP contribution in [0.1, 0.15) is 20.8 Å². The van der Waals surface area contributed by atoms with Gasteiger partial charge in [-0.25, -0.2) is 0 Å². The Bertz CT molecular complexity index is 1550. The quantitative estimate of drug-likeness (QED) is 0.0992. The van der Waals surface area contributed by atoms with E-state index in [1.54, 1.807) is 73.9 Å². The van der Waals surface area contributed by atoms with Crippen LogP contribution in [0.2, 0.25) is 15.1 Å². The average molecular weight is 881 g/mol. The van der Waals surface area contributed by atoms with Gasteiger partial charge in [-0.15, -0.1) is 0 Å². The summed E-state index contributed by atoms with van der Waals surface area (Å²) in [4.78, 5) is 36.2. The van der Waals surface area contributed by atoms with Crippen LogP contribution in [-0.4, -0.2) is 75.5 Å². The first-order chi connectivity index (χ1) is 21.5. The van der Waals surface area contributed by atoms with Gasteiger partial charge >= 0.3 is 303 Å². The molecule has 0 aromatic heterocycles. The molecule has 0 unspecified atom stereocenters. The van der Waals surface area contributed by atoms with Crippen LogP contribution >= 0.6 is 65.7 Å². The number of rotatable bonds is 12. The second-order valence-corrected chi connectivity index (χ2v) is 27.8. The Morgan fingerprint density at radius 1 is 0.511 bits per heavy atom. The minimum atomic E-state index is -5.77. The molecular weight excluding hydrogens is 845 g/mol. The van der Waals surface area contributed by atoms with E-state index in [-0.39, 0.29) is 32.3 Å². The molecular formula is C30H36Cl3O10S3Sb. The molecule has 0 N–H and O–H groups in total. The number of hydrogen-bond donors (Lipinski definition) is 0. The second kappa shape index (κ2) is 15.6. The Balaban J connectivity index is 2.07. The van der Waals surface area contributed by atoms with E-state index >= 15 is 3.02 Å². The number of benzene rings is 3. The first-order valence-corrected chi connectivity index (χ1v) is 25.8. The molecule has 10 nitrogen and oxygen atoms in total. The van der Waals surface area contributed by atoms with Crippen molar-refractivity contribution >= 4 is 104 Å². The van der Waals surface area contributed by atoms with Crippen LogP contribution in [0.5, 0.6) is 17.2 Å². The van der Waals surface area contributed by atoms with Gasteiger partial charge in [-0.2, -0.15) is 0 Å². The summed E-state index contributed by atoms with van der Waals surface area (Å²) in [5, 5.41) is 0.489. The molecule has 47 heavy (non-hydrogen) atoms. The first-order valence-electron chi connectivity index (χ1n) is 13.4. The third-order valence-corrected chi connectivity index (χ3v) is 27.0. The van der Waals surface area contributed by atoms with E-state index in [1.165, 1.54) is 39.0 Å². The Morgan fingerprint density at radius 3 is 0.936 bits per heavy atom. The molecule has 0 aliphatic heterocycles. The second-order valence-electron chi connectivity index (χ2n) is 10.9. The molecule has 17 heteroatoms. The van der Waals surface area contributed by atoms with Crippen molar-refractivity contribution in [2.45, 2.75) is 35.5 Å². The van der Waals surface area contributed by atoms with Crippen LogP contribution < -0.4 is 14.2 Å². The topological polar surface area (TPSA) is 124 Å². The normalized spacial score (nSPS) is 13.4. The molecule has 260 valence electrons. The van der Waals surface area contributed by atoms with Crippen LogP contribution in [0.15, 0.2) is 69.3 Å². The van der Waals surface area contributed by atoms with Gasteiger partial charge in [0, 0.05) is 0 Å². The molecule has 0 bridgehead atoms. The number of carbonyl (C=O) groups is 3. The molecule has 0 spiro atoms. The molecule has 0 aliphatic carbocycles. The summed E-state index contributed by atoms with van der Waals surface area (Å²) in [6.45, 7) is 3.79. The monoisotopic (exact) mass is 878 g/mol. The molecule has 0 atom stereocenters. The van der Waals surface area contributed by atoms with Gasteiger partial charge in [0.2, 0.25) is 0 Å². The summed E-state index contributed by atoms with van der Waals surface area (Å²) in [5.74, 6) is -1.09. The van der Waals surface area contributed by atoms with Gasteiger partial charge in [0.05, 0.1) is 0 Å². The summed E-state index contributed by atoms with van der Waals surface area (Å²) in [6.07, 6.45) is 10.6. The van der Waals surface area contributed by atoms with Gasteiger partial charge in [0.25, 0.3) is 0 Å². The predicted molar refractivity (Wildman–Crippen MR) is 191 cm³/mol. The summed E-state index contributed by atoms with van der Waals surface area (Å²) in [6, 6.07) is 14.3. The number of halogens is 3. The van der Waals surface area contributed by atoms with Gasteiger partial charge < -0.3 is 0 Å². The summed E-state index contributed by atoms with van der Waals surface area (Å²) in [5.41, 5.74) is 0. The fourth-order valence-electron chi connectivity index (χ4n) is 3.93. The van der Waals surface area contributed by atoms with Crippen molar-refractivity contribution in [3.8, 4) is 17.2 Å². The Hall–Kier alpha value is -1.51. The number of ether oxygens (including phenoxy) is 3. The Morgan fingerprint density at radius 2 is 0.745 bits per heavy atom. The molecule has 0 amide bonds. The third kappa shape index (κ3) is 11.0. The van der Waals surface area contributed by atoms with E-state index in [4.69, 9.17) is 56.4 Å². The molecule has 3 rings (SSSR count). The molecule has 3 aromatic rings. The van der Waals surface area contributed by atoms with Gasteiger partial charge in [0.1, 0.15) is 0 Å². The molecule has 0 saturated carbocycles. The minimum absolute atomic E-state index is 0.163. The molecule has 0 saturated heterocycles. The van der Waals surface area contributed by atoms with Crippen molar-refractivity contribution in [2.75, 3.05) is 37.5 Å². The van der Waals surface area contributed by atoms with Crippen LogP contribution in [0.3, 0.4) is 0 Å². The van der Waals surface area contributed by atoms with E-state index < -0.39 is 68.9 Å². The van der Waals surface area contributed by atoms with Crippen LogP contribution in [0.25, 0.3) is 0 Å². The zero-order valence-corrected chi connectivity index (χ0v) is 34.4. The molecule has 0 heterocycles. The van der Waals surface area contributed by atoms with E-state index in [0.29, 0.717) is 14.7 Å². The number of hydrogen-bond acceptors (Lipinski definition) is 10. The molecule has 0 aliphatic rings. The van der Waals surface area contributed by atoms with Gasteiger partial charge in [-0.1, -0.05) is 0 Å². The molecule has 0 radical (unpaired) electrons. The average Bonchev–Trinajstić information content (AvgIpc) is 2.90. The van der Waals surface area contributed by atoms with Crippen molar-refractivity contribution in [1.82, 2.24) is 0 Å².